The fourth-order valence-electron chi connectivity index (χ4n) is 3.10. The summed E-state index contributed by atoms with van der Waals surface area (Å²) >= 11 is 0. The van der Waals surface area contributed by atoms with Crippen LogP contribution in [0.4, 0.5) is 4.39 Å². The number of fused-ring (bicyclic) bond motifs is 1. The van der Waals surface area contributed by atoms with Crippen molar-refractivity contribution in [2.45, 2.75) is 25.4 Å². The van der Waals surface area contributed by atoms with Gasteiger partial charge in [-0.05, 0) is 31.1 Å². The molecule has 3 aromatic rings. The van der Waals surface area contributed by atoms with Gasteiger partial charge in [-0.15, -0.1) is 0 Å². The maximum absolute atomic E-state index is 14.0. The van der Waals surface area contributed by atoms with Gasteiger partial charge in [0.15, 0.2) is 0 Å². The third kappa shape index (κ3) is 3.49. The lowest BCUT2D eigenvalue weighted by atomic mass is 10.1. The van der Waals surface area contributed by atoms with Gasteiger partial charge in [-0.2, -0.15) is 0 Å². The van der Waals surface area contributed by atoms with Gasteiger partial charge in [0.25, 0.3) is 0 Å². The van der Waals surface area contributed by atoms with E-state index in [0.717, 1.165) is 29.3 Å². The number of benzene rings is 2. The molecular weight excluding hydrogens is 327 g/mol. The molecule has 3 nitrogen and oxygen atoms in total. The van der Waals surface area contributed by atoms with Gasteiger partial charge in [-0.1, -0.05) is 42.5 Å². The van der Waals surface area contributed by atoms with E-state index in [0.29, 0.717) is 12.1 Å². The molecule has 1 amide bonds. The first-order valence-electron chi connectivity index (χ1n) is 8.78. The van der Waals surface area contributed by atoms with Crippen molar-refractivity contribution in [2.24, 2.45) is 0 Å². The van der Waals surface area contributed by atoms with Crippen LogP contribution in [0.15, 0.2) is 66.9 Å². The third-order valence-electron chi connectivity index (χ3n) is 4.64. The summed E-state index contributed by atoms with van der Waals surface area (Å²) in [5.74, 6) is -0.364. The molecule has 0 atom stereocenters. The summed E-state index contributed by atoms with van der Waals surface area (Å²) in [7, 11) is 0. The van der Waals surface area contributed by atoms with Crippen LogP contribution < -0.4 is 0 Å². The summed E-state index contributed by atoms with van der Waals surface area (Å²) < 4.78 is 14.0. The molecule has 0 bridgehead atoms. The van der Waals surface area contributed by atoms with E-state index < -0.39 is 0 Å². The minimum Gasteiger partial charge on any atom is -0.332 e. The molecule has 130 valence electrons. The van der Waals surface area contributed by atoms with E-state index in [1.807, 2.05) is 30.3 Å². The van der Waals surface area contributed by atoms with Crippen molar-refractivity contribution in [1.82, 2.24) is 9.88 Å². The van der Waals surface area contributed by atoms with E-state index in [-0.39, 0.29) is 17.8 Å². The molecule has 0 saturated heterocycles. The molecule has 0 unspecified atom stereocenters. The predicted molar refractivity (Wildman–Crippen MR) is 101 cm³/mol. The highest BCUT2D eigenvalue weighted by molar-refractivity contribution is 5.95. The molecule has 1 fully saturated rings. The van der Waals surface area contributed by atoms with Gasteiger partial charge in [0.05, 0.1) is 5.52 Å². The summed E-state index contributed by atoms with van der Waals surface area (Å²) in [5.41, 5.74) is 2.32. The number of nitrogens with zero attached hydrogens (tertiary/aromatic N) is 2. The second kappa shape index (κ2) is 7.08. The van der Waals surface area contributed by atoms with Crippen LogP contribution in [0, 0.1) is 5.82 Å². The topological polar surface area (TPSA) is 33.2 Å². The molecule has 1 heterocycles. The van der Waals surface area contributed by atoms with Crippen LogP contribution in [0.3, 0.4) is 0 Å². The molecular formula is C22H19FN2O. The number of carbonyl (C=O) groups is 1. The van der Waals surface area contributed by atoms with Gasteiger partial charge in [0, 0.05) is 41.4 Å². The molecule has 1 aliphatic rings. The van der Waals surface area contributed by atoms with E-state index in [1.54, 1.807) is 41.4 Å². The fraction of sp³-hybridized carbons (Fsp3) is 0.182. The molecule has 0 N–H and O–H groups in total. The van der Waals surface area contributed by atoms with Crippen molar-refractivity contribution in [3.63, 3.8) is 0 Å². The second-order valence-electron chi connectivity index (χ2n) is 6.54. The minimum atomic E-state index is -0.270. The number of para-hydroxylation sites is 1. The zero-order valence-electron chi connectivity index (χ0n) is 14.3. The highest BCUT2D eigenvalue weighted by atomic mass is 19.1. The summed E-state index contributed by atoms with van der Waals surface area (Å²) in [6.07, 6.45) is 7.07. The molecule has 0 radical (unpaired) electrons. The van der Waals surface area contributed by atoms with Crippen molar-refractivity contribution in [1.29, 1.82) is 0 Å². The number of hydrogen-bond donors (Lipinski definition) is 0. The van der Waals surface area contributed by atoms with Crippen molar-refractivity contribution in [2.75, 3.05) is 0 Å². The predicted octanol–water partition coefficient (Wildman–Crippen LogP) is 4.58. The van der Waals surface area contributed by atoms with Crippen molar-refractivity contribution < 1.29 is 9.18 Å². The first-order chi connectivity index (χ1) is 12.7. The van der Waals surface area contributed by atoms with E-state index in [9.17, 15) is 9.18 Å². The maximum atomic E-state index is 14.0. The van der Waals surface area contributed by atoms with Crippen molar-refractivity contribution in [3.8, 4) is 0 Å². The van der Waals surface area contributed by atoms with Crippen LogP contribution in [-0.2, 0) is 11.3 Å². The smallest absolute Gasteiger partial charge is 0.247 e. The molecule has 4 heteroatoms. The molecule has 1 aliphatic carbocycles. The minimum absolute atomic E-state index is 0.0938. The highest BCUT2D eigenvalue weighted by Gasteiger charge is 2.32. The second-order valence-corrected chi connectivity index (χ2v) is 6.54. The Hall–Kier alpha value is -3.01. The average Bonchev–Trinajstić information content (AvgIpc) is 3.50. The van der Waals surface area contributed by atoms with Gasteiger partial charge in [0.2, 0.25) is 5.91 Å². The zero-order valence-corrected chi connectivity index (χ0v) is 14.3. The lowest BCUT2D eigenvalue weighted by Crippen LogP contribution is -2.31. The Kier molecular flexibility index (Phi) is 4.48. The largest absolute Gasteiger partial charge is 0.332 e. The molecule has 1 saturated carbocycles. The Morgan fingerprint density at radius 3 is 2.73 bits per heavy atom. The molecule has 2 aromatic carbocycles. The quantitative estimate of drug-likeness (QED) is 0.634. The van der Waals surface area contributed by atoms with E-state index in [2.05, 4.69) is 4.98 Å². The number of amides is 1. The molecule has 1 aromatic heterocycles. The first kappa shape index (κ1) is 16.5. The standard InChI is InChI=1S/C22H19FN2O/c23-20-9-2-1-5-18(20)15-25(19-11-12-19)21(26)13-10-17-7-3-6-16-8-4-14-24-22(16)17/h1-10,13-14,19H,11-12,15H2/b13-10+. The summed E-state index contributed by atoms with van der Waals surface area (Å²) in [5, 5.41) is 1.03. The molecule has 0 aliphatic heterocycles. The lowest BCUT2D eigenvalue weighted by molar-refractivity contribution is -0.127. The summed E-state index contributed by atoms with van der Waals surface area (Å²) in [6.45, 7) is 0.300. The monoisotopic (exact) mass is 346 g/mol. The van der Waals surface area contributed by atoms with Crippen LogP contribution in [0.5, 0.6) is 0 Å². The van der Waals surface area contributed by atoms with Crippen LogP contribution in [0.25, 0.3) is 17.0 Å². The maximum Gasteiger partial charge on any atom is 0.247 e. The van der Waals surface area contributed by atoms with Crippen LogP contribution in [0.1, 0.15) is 24.0 Å². The van der Waals surface area contributed by atoms with Crippen molar-refractivity contribution >= 4 is 22.9 Å². The van der Waals surface area contributed by atoms with Gasteiger partial charge in [-0.3, -0.25) is 9.78 Å². The Morgan fingerprint density at radius 2 is 1.92 bits per heavy atom. The highest BCUT2D eigenvalue weighted by Crippen LogP contribution is 2.29. The zero-order chi connectivity index (χ0) is 17.9. The van der Waals surface area contributed by atoms with E-state index >= 15 is 0 Å². The third-order valence-corrected chi connectivity index (χ3v) is 4.64. The number of halogens is 1. The number of aromatic nitrogens is 1. The van der Waals surface area contributed by atoms with Gasteiger partial charge < -0.3 is 4.90 Å². The summed E-state index contributed by atoms with van der Waals surface area (Å²) in [4.78, 5) is 18.9. The van der Waals surface area contributed by atoms with Gasteiger partial charge in [0.1, 0.15) is 5.82 Å². The number of carbonyl (C=O) groups excluding carboxylic acids is 1. The van der Waals surface area contributed by atoms with E-state index in [4.69, 9.17) is 0 Å². The van der Waals surface area contributed by atoms with Crippen LogP contribution >= 0.6 is 0 Å². The van der Waals surface area contributed by atoms with Crippen LogP contribution in [-0.4, -0.2) is 21.8 Å². The Balaban J connectivity index is 1.57. The van der Waals surface area contributed by atoms with Gasteiger partial charge >= 0.3 is 0 Å². The molecule has 4 rings (SSSR count). The first-order valence-corrected chi connectivity index (χ1v) is 8.78. The Morgan fingerprint density at radius 1 is 1.12 bits per heavy atom. The van der Waals surface area contributed by atoms with E-state index in [1.165, 1.54) is 6.07 Å². The van der Waals surface area contributed by atoms with Gasteiger partial charge in [-0.25, -0.2) is 4.39 Å². The normalized spacial score (nSPS) is 14.0. The summed E-state index contributed by atoms with van der Waals surface area (Å²) in [6, 6.07) is 16.6. The SMILES string of the molecule is O=C(/C=C/c1cccc2cccnc12)N(Cc1ccccc1F)C1CC1. The Bertz CT molecular complexity index is 973. The average molecular weight is 346 g/mol. The number of pyridine rings is 1. The van der Waals surface area contributed by atoms with Crippen LogP contribution in [0.2, 0.25) is 0 Å². The molecule has 26 heavy (non-hydrogen) atoms. The number of rotatable bonds is 5. The number of hydrogen-bond acceptors (Lipinski definition) is 2. The Labute approximate surface area is 151 Å². The fourth-order valence-corrected chi connectivity index (χ4v) is 3.10. The van der Waals surface area contributed by atoms with Crippen molar-refractivity contribution in [3.05, 3.63) is 83.8 Å². The molecule has 0 spiro atoms. The lowest BCUT2D eigenvalue weighted by Gasteiger charge is -2.21.